The van der Waals surface area contributed by atoms with Crippen LogP contribution in [0.2, 0.25) is 0 Å². The van der Waals surface area contributed by atoms with E-state index in [2.05, 4.69) is 35.6 Å². The Balaban J connectivity index is 1.65. The first-order chi connectivity index (χ1) is 10.3. The van der Waals surface area contributed by atoms with Crippen molar-refractivity contribution in [2.24, 2.45) is 0 Å². The van der Waals surface area contributed by atoms with Gasteiger partial charge in [-0.25, -0.2) is 0 Å². The van der Waals surface area contributed by atoms with Gasteiger partial charge in [0.25, 0.3) is 0 Å². The fraction of sp³-hybridized carbons (Fsp3) is 0.667. The first kappa shape index (κ1) is 15.0. The van der Waals surface area contributed by atoms with E-state index in [-0.39, 0.29) is 11.6 Å². The van der Waals surface area contributed by atoms with Gasteiger partial charge in [0.15, 0.2) is 0 Å². The summed E-state index contributed by atoms with van der Waals surface area (Å²) in [5, 5.41) is 3.82. The highest BCUT2D eigenvalue weighted by atomic mass is 16.5. The monoisotopic (exact) mass is 289 g/mol. The first-order valence-corrected chi connectivity index (χ1v) is 8.25. The fourth-order valence-corrected chi connectivity index (χ4v) is 3.91. The number of hydrogen-bond acceptors (Lipinski definition) is 3. The predicted octanol–water partition coefficient (Wildman–Crippen LogP) is 3.46. The first-order valence-electron chi connectivity index (χ1n) is 8.25. The van der Waals surface area contributed by atoms with Gasteiger partial charge in [-0.2, -0.15) is 0 Å². The zero-order valence-corrected chi connectivity index (χ0v) is 13.0. The molecule has 3 nitrogen and oxygen atoms in total. The second kappa shape index (κ2) is 6.91. The molecule has 1 aromatic carbocycles. The molecule has 0 amide bonds. The smallest absolute Gasteiger partial charge is 0.0697 e. The van der Waals surface area contributed by atoms with Gasteiger partial charge in [-0.3, -0.25) is 0 Å². The minimum Gasteiger partial charge on any atom is -0.383 e. The lowest BCUT2D eigenvalue weighted by molar-refractivity contribution is -0.0855. The van der Waals surface area contributed by atoms with E-state index in [1.165, 1.54) is 31.2 Å². The van der Waals surface area contributed by atoms with E-state index in [9.17, 15) is 0 Å². The molecule has 1 saturated heterocycles. The molecule has 1 saturated carbocycles. The molecular formula is C18H27NO2. The van der Waals surface area contributed by atoms with Gasteiger partial charge in [0.2, 0.25) is 0 Å². The van der Waals surface area contributed by atoms with E-state index in [0.29, 0.717) is 12.6 Å². The van der Waals surface area contributed by atoms with Gasteiger partial charge in [0.05, 0.1) is 18.2 Å². The average molecular weight is 289 g/mol. The van der Waals surface area contributed by atoms with Gasteiger partial charge < -0.3 is 14.8 Å². The third-order valence-electron chi connectivity index (χ3n) is 4.98. The highest BCUT2D eigenvalue weighted by Gasteiger charge is 2.40. The second-order valence-corrected chi connectivity index (χ2v) is 6.51. The summed E-state index contributed by atoms with van der Waals surface area (Å²) < 4.78 is 11.6. The van der Waals surface area contributed by atoms with Crippen molar-refractivity contribution in [2.75, 3.05) is 20.3 Å². The lowest BCUT2D eigenvalue weighted by atomic mass is 9.88. The molecule has 0 radical (unpaired) electrons. The number of hydrogen-bond donors (Lipinski definition) is 1. The van der Waals surface area contributed by atoms with E-state index >= 15 is 0 Å². The number of benzene rings is 1. The standard InChI is InChI=1S/C18H27NO2/c1-20-14-17(15-7-3-2-4-8-15)19-16-9-12-21-18(13-16)10-5-6-11-18/h2-4,7-8,16-17,19H,5-6,9-14H2,1H3. The van der Waals surface area contributed by atoms with Crippen LogP contribution in [0.25, 0.3) is 0 Å². The molecule has 2 aliphatic rings. The largest absolute Gasteiger partial charge is 0.383 e. The minimum absolute atomic E-state index is 0.171. The van der Waals surface area contributed by atoms with Crippen LogP contribution in [0.4, 0.5) is 0 Å². The van der Waals surface area contributed by atoms with Crippen LogP contribution < -0.4 is 5.32 Å². The Morgan fingerprint density at radius 2 is 2.05 bits per heavy atom. The maximum atomic E-state index is 6.13. The topological polar surface area (TPSA) is 30.5 Å². The molecule has 3 heteroatoms. The van der Waals surface area contributed by atoms with Gasteiger partial charge >= 0.3 is 0 Å². The molecule has 0 bridgehead atoms. The van der Waals surface area contributed by atoms with Crippen molar-refractivity contribution in [3.8, 4) is 0 Å². The van der Waals surface area contributed by atoms with Crippen LogP contribution >= 0.6 is 0 Å². The van der Waals surface area contributed by atoms with Gasteiger partial charge in [-0.05, 0) is 31.2 Å². The molecule has 3 rings (SSSR count). The van der Waals surface area contributed by atoms with E-state index in [1.54, 1.807) is 7.11 Å². The number of ether oxygens (including phenoxy) is 2. The lowest BCUT2D eigenvalue weighted by Crippen LogP contribution is -2.47. The van der Waals surface area contributed by atoms with Crippen LogP contribution in [0, 0.1) is 0 Å². The fourth-order valence-electron chi connectivity index (χ4n) is 3.91. The Labute approximate surface area is 128 Å². The summed E-state index contributed by atoms with van der Waals surface area (Å²) in [5.74, 6) is 0. The average Bonchev–Trinajstić information content (AvgIpc) is 2.95. The third-order valence-corrected chi connectivity index (χ3v) is 4.98. The maximum absolute atomic E-state index is 6.13. The molecular weight excluding hydrogens is 262 g/mol. The van der Waals surface area contributed by atoms with Crippen LogP contribution in [0.5, 0.6) is 0 Å². The van der Waals surface area contributed by atoms with E-state index in [1.807, 2.05) is 0 Å². The summed E-state index contributed by atoms with van der Waals surface area (Å²) in [6.45, 7) is 1.61. The summed E-state index contributed by atoms with van der Waals surface area (Å²) in [6.07, 6.45) is 7.39. The molecule has 1 aliphatic heterocycles. The molecule has 21 heavy (non-hydrogen) atoms. The summed E-state index contributed by atoms with van der Waals surface area (Å²) in [7, 11) is 1.78. The van der Waals surface area contributed by atoms with Gasteiger partial charge in [-0.15, -0.1) is 0 Å². The molecule has 1 aromatic rings. The van der Waals surface area contributed by atoms with Crippen molar-refractivity contribution in [2.45, 2.75) is 56.2 Å². The Morgan fingerprint density at radius 3 is 2.76 bits per heavy atom. The molecule has 2 unspecified atom stereocenters. The van der Waals surface area contributed by atoms with Gasteiger partial charge in [0.1, 0.15) is 0 Å². The second-order valence-electron chi connectivity index (χ2n) is 6.51. The van der Waals surface area contributed by atoms with Crippen molar-refractivity contribution in [1.82, 2.24) is 5.32 Å². The molecule has 1 heterocycles. The molecule has 2 fully saturated rings. The molecule has 1 aliphatic carbocycles. The van der Waals surface area contributed by atoms with E-state index in [4.69, 9.17) is 9.47 Å². The normalized spacial score (nSPS) is 26.0. The molecule has 116 valence electrons. The number of nitrogens with one attached hydrogen (secondary N) is 1. The highest BCUT2D eigenvalue weighted by Crippen LogP contribution is 2.40. The van der Waals surface area contributed by atoms with Gasteiger partial charge in [-0.1, -0.05) is 43.2 Å². The molecule has 1 N–H and O–H groups in total. The van der Waals surface area contributed by atoms with Crippen LogP contribution in [0.3, 0.4) is 0 Å². The Kier molecular flexibility index (Phi) is 4.94. The number of methoxy groups -OCH3 is 1. The third kappa shape index (κ3) is 3.65. The Hall–Kier alpha value is -0.900. The summed E-state index contributed by atoms with van der Waals surface area (Å²) in [4.78, 5) is 0. The molecule has 1 spiro atoms. The highest BCUT2D eigenvalue weighted by molar-refractivity contribution is 5.19. The SMILES string of the molecule is COCC(NC1CCOC2(CCCC2)C1)c1ccccc1. The minimum atomic E-state index is 0.171. The van der Waals surface area contributed by atoms with Crippen molar-refractivity contribution >= 4 is 0 Å². The van der Waals surface area contributed by atoms with Crippen molar-refractivity contribution in [3.63, 3.8) is 0 Å². The van der Waals surface area contributed by atoms with E-state index < -0.39 is 0 Å². The number of rotatable bonds is 5. The predicted molar refractivity (Wildman–Crippen MR) is 84.4 cm³/mol. The van der Waals surface area contributed by atoms with E-state index in [0.717, 1.165) is 19.4 Å². The van der Waals surface area contributed by atoms with Crippen LogP contribution in [0.1, 0.15) is 50.1 Å². The Morgan fingerprint density at radius 1 is 1.29 bits per heavy atom. The summed E-state index contributed by atoms with van der Waals surface area (Å²) >= 11 is 0. The van der Waals surface area contributed by atoms with Crippen LogP contribution in [-0.2, 0) is 9.47 Å². The maximum Gasteiger partial charge on any atom is 0.0697 e. The molecule has 0 aromatic heterocycles. The lowest BCUT2D eigenvalue weighted by Gasteiger charge is -2.40. The zero-order valence-electron chi connectivity index (χ0n) is 13.0. The van der Waals surface area contributed by atoms with Crippen LogP contribution in [-0.4, -0.2) is 32.0 Å². The summed E-state index contributed by atoms with van der Waals surface area (Å²) in [5.41, 5.74) is 1.48. The summed E-state index contributed by atoms with van der Waals surface area (Å²) in [6, 6.07) is 11.4. The van der Waals surface area contributed by atoms with Crippen molar-refractivity contribution in [3.05, 3.63) is 35.9 Å². The van der Waals surface area contributed by atoms with Crippen molar-refractivity contribution < 1.29 is 9.47 Å². The quantitative estimate of drug-likeness (QED) is 0.900. The van der Waals surface area contributed by atoms with Crippen LogP contribution in [0.15, 0.2) is 30.3 Å². The van der Waals surface area contributed by atoms with Gasteiger partial charge in [0, 0.05) is 19.8 Å². The molecule has 2 atom stereocenters. The Bertz CT molecular complexity index is 428. The zero-order chi connectivity index (χ0) is 14.5. The van der Waals surface area contributed by atoms with Crippen molar-refractivity contribution in [1.29, 1.82) is 0 Å².